The first-order valence-electron chi connectivity index (χ1n) is 9.00. The molecule has 1 aliphatic heterocycles. The smallest absolute Gasteiger partial charge is 0.358 e. The van der Waals surface area contributed by atoms with E-state index in [0.29, 0.717) is 0 Å². The number of carbonyl (C=O) groups excluding carboxylic acids is 1. The number of sulfonamides is 1. The Morgan fingerprint density at radius 3 is 2.78 bits per heavy atom. The third-order valence-electron chi connectivity index (χ3n) is 4.50. The lowest BCUT2D eigenvalue weighted by molar-refractivity contribution is 0.0519. The quantitative estimate of drug-likeness (QED) is 0.700. The zero-order valence-electron chi connectivity index (χ0n) is 15.4. The van der Waals surface area contributed by atoms with Gasteiger partial charge in [0.2, 0.25) is 0 Å². The molecule has 2 N–H and O–H groups in total. The van der Waals surface area contributed by atoms with Crippen LogP contribution in [0.15, 0.2) is 35.4 Å². The van der Waals surface area contributed by atoms with Gasteiger partial charge < -0.3 is 9.64 Å². The molecule has 1 saturated heterocycles. The number of hydrogen-bond donors (Lipinski definition) is 2. The van der Waals surface area contributed by atoms with Crippen molar-refractivity contribution in [2.75, 3.05) is 24.6 Å². The average molecular weight is 392 g/mol. The Hall–Kier alpha value is -2.39. The number of ether oxygens (including phenoxy) is 1. The monoisotopic (exact) mass is 392 g/mol. The van der Waals surface area contributed by atoms with Gasteiger partial charge in [-0.3, -0.25) is 5.10 Å². The van der Waals surface area contributed by atoms with E-state index < -0.39 is 22.0 Å². The van der Waals surface area contributed by atoms with Crippen LogP contribution in [-0.4, -0.2) is 44.3 Å². The highest BCUT2D eigenvalue weighted by atomic mass is 32.2. The Labute approximate surface area is 159 Å². The fraction of sp³-hybridized carbons (Fsp3) is 0.444. The summed E-state index contributed by atoms with van der Waals surface area (Å²) in [4.78, 5) is 14.0. The van der Waals surface area contributed by atoms with E-state index in [-0.39, 0.29) is 17.3 Å². The third kappa shape index (κ3) is 4.48. The Morgan fingerprint density at radius 2 is 2.07 bits per heavy atom. The van der Waals surface area contributed by atoms with E-state index in [9.17, 15) is 13.2 Å². The molecule has 9 heteroatoms. The number of nitrogens with one attached hydrogen (secondary N) is 2. The second kappa shape index (κ2) is 8.10. The summed E-state index contributed by atoms with van der Waals surface area (Å²) < 4.78 is 32.7. The van der Waals surface area contributed by atoms with Crippen LogP contribution < -0.4 is 9.62 Å². The summed E-state index contributed by atoms with van der Waals surface area (Å²) in [6.45, 7) is 5.68. The van der Waals surface area contributed by atoms with Crippen molar-refractivity contribution in [1.82, 2.24) is 14.9 Å². The van der Waals surface area contributed by atoms with Gasteiger partial charge in [-0.25, -0.2) is 17.9 Å². The van der Waals surface area contributed by atoms with Crippen molar-refractivity contribution in [3.8, 4) is 0 Å². The van der Waals surface area contributed by atoms with E-state index in [2.05, 4.69) is 19.8 Å². The lowest BCUT2D eigenvalue weighted by Crippen LogP contribution is -2.27. The third-order valence-corrected chi connectivity index (χ3v) is 5.95. The van der Waals surface area contributed by atoms with Crippen molar-refractivity contribution in [3.63, 3.8) is 0 Å². The molecule has 1 aromatic carbocycles. The van der Waals surface area contributed by atoms with Crippen LogP contribution in [-0.2, 0) is 14.8 Å². The zero-order chi connectivity index (χ0) is 19.4. The molecule has 1 fully saturated rings. The van der Waals surface area contributed by atoms with Gasteiger partial charge >= 0.3 is 5.97 Å². The number of esters is 1. The number of rotatable bonds is 7. The Morgan fingerprint density at radius 1 is 1.33 bits per heavy atom. The first kappa shape index (κ1) is 19.4. The first-order valence-corrected chi connectivity index (χ1v) is 10.5. The largest absolute Gasteiger partial charge is 0.461 e. The standard InChI is InChI=1S/C18H24N4O4S/c1-3-26-18(23)16-12-17(20-19-16)27(24,25)21-13(2)14-7-6-8-15(11-14)22-9-4-5-10-22/h6-8,11-13,21H,3-5,9-10H2,1-2H3,(H,19,20). The van der Waals surface area contributed by atoms with Crippen molar-refractivity contribution >= 4 is 21.7 Å². The van der Waals surface area contributed by atoms with E-state index in [0.717, 1.165) is 24.3 Å². The Balaban J connectivity index is 1.74. The predicted molar refractivity (Wildman–Crippen MR) is 101 cm³/mol. The fourth-order valence-corrected chi connectivity index (χ4v) is 4.24. The molecule has 2 aromatic rings. The number of H-pyrrole nitrogens is 1. The fourth-order valence-electron chi connectivity index (χ4n) is 3.08. The van der Waals surface area contributed by atoms with E-state index in [4.69, 9.17) is 4.74 Å². The number of nitrogens with zero attached hydrogens (tertiary/aromatic N) is 2. The van der Waals surface area contributed by atoms with Gasteiger partial charge in [-0.1, -0.05) is 12.1 Å². The summed E-state index contributed by atoms with van der Waals surface area (Å²) in [6.07, 6.45) is 2.35. The topological polar surface area (TPSA) is 104 Å². The van der Waals surface area contributed by atoms with Crippen LogP contribution in [0.5, 0.6) is 0 Å². The SMILES string of the molecule is CCOC(=O)c1cc(S(=O)(=O)NC(C)c2cccc(N3CCCC3)c2)[nH]n1. The van der Waals surface area contributed by atoms with Crippen LogP contribution in [0.25, 0.3) is 0 Å². The molecule has 0 radical (unpaired) electrons. The van der Waals surface area contributed by atoms with Crippen molar-refractivity contribution in [2.45, 2.75) is 37.8 Å². The van der Waals surface area contributed by atoms with Gasteiger partial charge in [0.15, 0.2) is 10.7 Å². The molecule has 8 nitrogen and oxygen atoms in total. The number of carbonyl (C=O) groups is 1. The predicted octanol–water partition coefficient (Wildman–Crippen LogP) is 2.23. The van der Waals surface area contributed by atoms with Gasteiger partial charge in [-0.05, 0) is 44.4 Å². The van der Waals surface area contributed by atoms with Gasteiger partial charge in [0.25, 0.3) is 10.0 Å². The Bertz CT molecular complexity index is 904. The molecular formula is C18H24N4O4S. The lowest BCUT2D eigenvalue weighted by atomic mass is 10.1. The molecule has 1 atom stereocenters. The minimum Gasteiger partial charge on any atom is -0.461 e. The molecule has 3 rings (SSSR count). The van der Waals surface area contributed by atoms with Crippen LogP contribution in [0.4, 0.5) is 5.69 Å². The minimum absolute atomic E-state index is 0.0686. The van der Waals surface area contributed by atoms with Crippen molar-refractivity contribution < 1.29 is 17.9 Å². The molecule has 0 amide bonds. The summed E-state index contributed by atoms with van der Waals surface area (Å²) in [6, 6.07) is 8.61. The van der Waals surface area contributed by atoms with Crippen molar-refractivity contribution in [1.29, 1.82) is 0 Å². The summed E-state index contributed by atoms with van der Waals surface area (Å²) in [7, 11) is -3.86. The summed E-state index contributed by atoms with van der Waals surface area (Å²) in [5.41, 5.74) is 1.90. The summed E-state index contributed by atoms with van der Waals surface area (Å²) in [5, 5.41) is 5.94. The summed E-state index contributed by atoms with van der Waals surface area (Å²) in [5.74, 6) is -0.665. The van der Waals surface area contributed by atoms with Crippen LogP contribution in [0.2, 0.25) is 0 Å². The molecule has 0 bridgehead atoms. The van der Waals surface area contributed by atoms with Crippen molar-refractivity contribution in [2.24, 2.45) is 0 Å². The van der Waals surface area contributed by atoms with Crippen LogP contribution in [0, 0.1) is 0 Å². The maximum Gasteiger partial charge on any atom is 0.358 e. The van der Waals surface area contributed by atoms with Gasteiger partial charge in [0, 0.05) is 30.9 Å². The number of hydrogen-bond acceptors (Lipinski definition) is 6. The second-order valence-electron chi connectivity index (χ2n) is 6.47. The highest BCUT2D eigenvalue weighted by Gasteiger charge is 2.23. The second-order valence-corrected chi connectivity index (χ2v) is 8.15. The molecule has 1 unspecified atom stereocenters. The summed E-state index contributed by atoms with van der Waals surface area (Å²) >= 11 is 0. The zero-order valence-corrected chi connectivity index (χ0v) is 16.3. The molecular weight excluding hydrogens is 368 g/mol. The van der Waals surface area contributed by atoms with E-state index in [1.165, 1.54) is 18.9 Å². The van der Waals surface area contributed by atoms with Gasteiger partial charge in [0.05, 0.1) is 6.61 Å². The Kier molecular flexibility index (Phi) is 5.81. The number of anilines is 1. The molecule has 0 spiro atoms. The molecule has 1 aliphatic rings. The number of aromatic nitrogens is 2. The van der Waals surface area contributed by atoms with E-state index >= 15 is 0 Å². The van der Waals surface area contributed by atoms with Gasteiger partial charge in [-0.15, -0.1) is 0 Å². The molecule has 1 aromatic heterocycles. The highest BCUT2D eigenvalue weighted by Crippen LogP contribution is 2.24. The molecule has 0 aliphatic carbocycles. The molecule has 2 heterocycles. The van der Waals surface area contributed by atoms with Crippen LogP contribution >= 0.6 is 0 Å². The maximum atomic E-state index is 12.6. The van der Waals surface area contributed by atoms with Crippen LogP contribution in [0.1, 0.15) is 48.8 Å². The lowest BCUT2D eigenvalue weighted by Gasteiger charge is -2.20. The number of benzene rings is 1. The van der Waals surface area contributed by atoms with E-state index in [1.807, 2.05) is 24.3 Å². The molecule has 146 valence electrons. The van der Waals surface area contributed by atoms with Gasteiger partial charge in [-0.2, -0.15) is 5.10 Å². The van der Waals surface area contributed by atoms with Gasteiger partial charge in [0.1, 0.15) is 0 Å². The normalized spacial score (nSPS) is 15.7. The average Bonchev–Trinajstić information content (AvgIpc) is 3.34. The van der Waals surface area contributed by atoms with Crippen LogP contribution in [0.3, 0.4) is 0 Å². The van der Waals surface area contributed by atoms with Crippen molar-refractivity contribution in [3.05, 3.63) is 41.6 Å². The highest BCUT2D eigenvalue weighted by molar-refractivity contribution is 7.89. The molecule has 0 saturated carbocycles. The molecule has 27 heavy (non-hydrogen) atoms. The first-order chi connectivity index (χ1) is 12.9. The minimum atomic E-state index is -3.86. The van der Waals surface area contributed by atoms with E-state index in [1.54, 1.807) is 13.8 Å². The maximum absolute atomic E-state index is 12.6. The number of aromatic amines is 1.